The third-order valence-electron chi connectivity index (χ3n) is 4.14. The van der Waals surface area contributed by atoms with E-state index in [0.717, 1.165) is 18.4 Å². The van der Waals surface area contributed by atoms with E-state index in [1.807, 2.05) is 6.07 Å². The van der Waals surface area contributed by atoms with Gasteiger partial charge in [0, 0.05) is 18.3 Å². The summed E-state index contributed by atoms with van der Waals surface area (Å²) in [5.41, 5.74) is 2.02. The summed E-state index contributed by atoms with van der Waals surface area (Å²) >= 11 is 0. The summed E-state index contributed by atoms with van der Waals surface area (Å²) in [6.45, 7) is 0.698. The minimum absolute atomic E-state index is 0.160. The molecule has 9 heteroatoms. The van der Waals surface area contributed by atoms with Crippen LogP contribution in [0.1, 0.15) is 30.4 Å². The molecular formula is C17H12N8O. The van der Waals surface area contributed by atoms with Crippen LogP contribution in [-0.4, -0.2) is 36.5 Å². The zero-order valence-corrected chi connectivity index (χ0v) is 13.6. The number of aromatic nitrogens is 5. The predicted octanol–water partition coefficient (Wildman–Crippen LogP) is 2.08. The number of likely N-dealkylation sites (tertiary alicyclic amines) is 1. The summed E-state index contributed by atoms with van der Waals surface area (Å²) in [6.07, 6.45) is 8.55. The van der Waals surface area contributed by atoms with E-state index in [0.29, 0.717) is 29.5 Å². The van der Waals surface area contributed by atoms with Gasteiger partial charge in [0.2, 0.25) is 0 Å². The number of pyridine rings is 1. The highest BCUT2D eigenvalue weighted by atomic mass is 16.5. The summed E-state index contributed by atoms with van der Waals surface area (Å²) in [5, 5.41) is 22.2. The van der Waals surface area contributed by atoms with Crippen LogP contribution in [0, 0.1) is 22.8 Å². The molecule has 0 amide bonds. The molecule has 4 rings (SSSR count). The largest absolute Gasteiger partial charge is 0.332 e. The van der Waals surface area contributed by atoms with Gasteiger partial charge in [-0.1, -0.05) is 5.16 Å². The molecule has 0 aliphatic carbocycles. The van der Waals surface area contributed by atoms with Crippen LogP contribution >= 0.6 is 0 Å². The Morgan fingerprint density at radius 2 is 2.08 bits per heavy atom. The van der Waals surface area contributed by atoms with Crippen molar-refractivity contribution in [3.05, 3.63) is 42.2 Å². The Morgan fingerprint density at radius 3 is 2.92 bits per heavy atom. The average Bonchev–Trinajstić information content (AvgIpc) is 3.37. The first-order chi connectivity index (χ1) is 12.8. The summed E-state index contributed by atoms with van der Waals surface area (Å²) < 4.78 is 5.33. The topological polar surface area (TPSA) is 128 Å². The second-order valence-corrected chi connectivity index (χ2v) is 5.74. The molecule has 0 spiro atoms. The van der Waals surface area contributed by atoms with Gasteiger partial charge in [-0.25, -0.2) is 9.97 Å². The van der Waals surface area contributed by atoms with Crippen molar-refractivity contribution in [3.63, 3.8) is 0 Å². The minimum atomic E-state index is -0.160. The maximum Gasteiger partial charge on any atom is 0.278 e. The smallest absolute Gasteiger partial charge is 0.278 e. The first-order valence-electron chi connectivity index (χ1n) is 7.97. The van der Waals surface area contributed by atoms with Gasteiger partial charge in [-0.15, -0.1) is 0 Å². The van der Waals surface area contributed by atoms with Crippen molar-refractivity contribution in [3.8, 4) is 35.1 Å². The molecule has 0 bridgehead atoms. The molecule has 0 saturated carbocycles. The number of nitriles is 2. The fourth-order valence-corrected chi connectivity index (χ4v) is 2.89. The molecule has 0 N–H and O–H groups in total. The number of rotatable bonds is 3. The highest BCUT2D eigenvalue weighted by Crippen LogP contribution is 2.30. The molecule has 4 heterocycles. The quantitative estimate of drug-likeness (QED) is 0.655. The van der Waals surface area contributed by atoms with Crippen LogP contribution < -0.4 is 0 Å². The summed E-state index contributed by atoms with van der Waals surface area (Å²) in [4.78, 5) is 18.7. The van der Waals surface area contributed by atoms with Crippen LogP contribution in [0.3, 0.4) is 0 Å². The van der Waals surface area contributed by atoms with Crippen molar-refractivity contribution in [2.45, 2.75) is 18.9 Å². The molecule has 1 atom stereocenters. The molecule has 9 nitrogen and oxygen atoms in total. The molecule has 1 fully saturated rings. The highest BCUT2D eigenvalue weighted by Gasteiger charge is 2.29. The van der Waals surface area contributed by atoms with E-state index in [4.69, 9.17) is 15.0 Å². The second-order valence-electron chi connectivity index (χ2n) is 5.74. The van der Waals surface area contributed by atoms with E-state index < -0.39 is 0 Å². The van der Waals surface area contributed by atoms with E-state index in [9.17, 15) is 0 Å². The Bertz CT molecular complexity index is 1030. The van der Waals surface area contributed by atoms with E-state index in [-0.39, 0.29) is 11.9 Å². The lowest BCUT2D eigenvalue weighted by atomic mass is 10.2. The Hall–Kier alpha value is -3.85. The fourth-order valence-electron chi connectivity index (χ4n) is 2.89. The first kappa shape index (κ1) is 15.7. The van der Waals surface area contributed by atoms with Crippen LogP contribution in [0.4, 0.5) is 0 Å². The number of hydrogen-bond acceptors (Lipinski definition) is 9. The monoisotopic (exact) mass is 344 g/mol. The van der Waals surface area contributed by atoms with Crippen molar-refractivity contribution >= 4 is 0 Å². The fraction of sp³-hybridized carbons (Fsp3) is 0.235. The van der Waals surface area contributed by atoms with Crippen molar-refractivity contribution in [2.24, 2.45) is 0 Å². The molecule has 3 aromatic heterocycles. The van der Waals surface area contributed by atoms with E-state index in [1.165, 1.54) is 6.20 Å². The van der Waals surface area contributed by atoms with Gasteiger partial charge in [0.05, 0.1) is 18.1 Å². The summed E-state index contributed by atoms with van der Waals surface area (Å²) in [6, 6.07) is 5.22. The van der Waals surface area contributed by atoms with Gasteiger partial charge >= 0.3 is 0 Å². The molecular weight excluding hydrogens is 332 g/mol. The van der Waals surface area contributed by atoms with Crippen molar-refractivity contribution < 1.29 is 4.52 Å². The Morgan fingerprint density at radius 1 is 1.19 bits per heavy atom. The molecule has 1 saturated heterocycles. The van der Waals surface area contributed by atoms with Gasteiger partial charge in [-0.2, -0.15) is 15.5 Å². The molecule has 0 aromatic carbocycles. The Balaban J connectivity index is 1.65. The highest BCUT2D eigenvalue weighted by molar-refractivity contribution is 5.61. The van der Waals surface area contributed by atoms with Crippen LogP contribution in [-0.2, 0) is 0 Å². The van der Waals surface area contributed by atoms with Crippen molar-refractivity contribution in [2.75, 3.05) is 6.54 Å². The van der Waals surface area contributed by atoms with Gasteiger partial charge in [-0.05, 0) is 25.0 Å². The van der Waals surface area contributed by atoms with E-state index in [2.05, 4.69) is 31.3 Å². The zero-order chi connectivity index (χ0) is 17.9. The lowest BCUT2D eigenvalue weighted by Crippen LogP contribution is -2.17. The van der Waals surface area contributed by atoms with Gasteiger partial charge in [0.25, 0.3) is 5.89 Å². The van der Waals surface area contributed by atoms with Crippen molar-refractivity contribution in [1.82, 2.24) is 30.0 Å². The molecule has 1 aliphatic heterocycles. The standard InChI is InChI=1S/C17H12N8O/c18-7-12-6-11(3-4-21-12)13-8-20-9-14(22-13)17-23-16(24-26-17)15-2-1-5-25(15)10-19/h3-4,6,8-9,15H,1-2,5H2. The summed E-state index contributed by atoms with van der Waals surface area (Å²) in [5.74, 6) is 0.718. The van der Waals surface area contributed by atoms with Crippen LogP contribution in [0.25, 0.3) is 22.8 Å². The van der Waals surface area contributed by atoms with Crippen LogP contribution in [0.15, 0.2) is 35.2 Å². The van der Waals surface area contributed by atoms with E-state index >= 15 is 0 Å². The maximum atomic E-state index is 9.17. The molecule has 3 aromatic rings. The Labute approximate surface area is 148 Å². The van der Waals surface area contributed by atoms with Gasteiger partial charge in [0.1, 0.15) is 23.5 Å². The number of nitrogens with zero attached hydrogens (tertiary/aromatic N) is 8. The molecule has 1 aliphatic rings. The lowest BCUT2D eigenvalue weighted by Gasteiger charge is -2.13. The third-order valence-corrected chi connectivity index (χ3v) is 4.14. The lowest BCUT2D eigenvalue weighted by molar-refractivity contribution is 0.339. The zero-order valence-electron chi connectivity index (χ0n) is 13.6. The SMILES string of the molecule is N#Cc1cc(-c2cncc(-c3nc(C4CCCN4C#N)no3)n2)ccn1. The first-order valence-corrected chi connectivity index (χ1v) is 7.97. The van der Waals surface area contributed by atoms with E-state index in [1.54, 1.807) is 29.4 Å². The molecule has 0 radical (unpaired) electrons. The normalized spacial score (nSPS) is 16.2. The average molecular weight is 344 g/mol. The van der Waals surface area contributed by atoms with Gasteiger partial charge in [0.15, 0.2) is 12.0 Å². The summed E-state index contributed by atoms with van der Waals surface area (Å²) in [7, 11) is 0. The predicted molar refractivity (Wildman–Crippen MR) is 87.6 cm³/mol. The van der Waals surface area contributed by atoms with Crippen molar-refractivity contribution in [1.29, 1.82) is 10.5 Å². The molecule has 1 unspecified atom stereocenters. The minimum Gasteiger partial charge on any atom is -0.332 e. The van der Waals surface area contributed by atoms with Gasteiger partial charge in [-0.3, -0.25) is 9.88 Å². The third kappa shape index (κ3) is 2.82. The van der Waals surface area contributed by atoms with Crippen LogP contribution in [0.5, 0.6) is 0 Å². The molecule has 126 valence electrons. The van der Waals surface area contributed by atoms with Gasteiger partial charge < -0.3 is 4.52 Å². The molecule has 26 heavy (non-hydrogen) atoms. The number of hydrogen-bond donors (Lipinski definition) is 0. The van der Waals surface area contributed by atoms with Crippen LogP contribution in [0.2, 0.25) is 0 Å². The maximum absolute atomic E-state index is 9.17. The Kier molecular flexibility index (Phi) is 3.96. The second kappa shape index (κ2) is 6.57.